The highest BCUT2D eigenvalue weighted by molar-refractivity contribution is 5.74. The topological polar surface area (TPSA) is 69.2 Å². The van der Waals surface area contributed by atoms with Crippen molar-refractivity contribution in [3.8, 4) is 0 Å². The molecule has 3 rings (SSSR count). The summed E-state index contributed by atoms with van der Waals surface area (Å²) in [6.45, 7) is 3.41. The third-order valence-corrected chi connectivity index (χ3v) is 4.96. The molecule has 0 saturated carbocycles. The Balaban J connectivity index is 1.53. The number of aliphatic hydroxyl groups is 1. The fourth-order valence-electron chi connectivity index (χ4n) is 3.45. The number of rotatable bonds is 2. The van der Waals surface area contributed by atoms with Crippen molar-refractivity contribution in [2.75, 3.05) is 26.2 Å². The Labute approximate surface area is 131 Å². The number of hydrogen-bond donors (Lipinski definition) is 3. The molecule has 4 N–H and O–H groups in total. The van der Waals surface area contributed by atoms with Crippen molar-refractivity contribution in [1.82, 2.24) is 10.2 Å². The van der Waals surface area contributed by atoms with Gasteiger partial charge in [0, 0.05) is 32.0 Å². The van der Waals surface area contributed by atoms with E-state index in [2.05, 4.69) is 10.6 Å². The molecule has 2 amide bonds. The number of hydrogen-bond acceptors (Lipinski definition) is 2. The van der Waals surface area contributed by atoms with Crippen LogP contribution >= 0.6 is 0 Å². The minimum absolute atomic E-state index is 0.0296. The van der Waals surface area contributed by atoms with E-state index >= 15 is 0 Å². The van der Waals surface area contributed by atoms with E-state index in [0.29, 0.717) is 32.0 Å². The summed E-state index contributed by atoms with van der Waals surface area (Å²) >= 11 is 0. The van der Waals surface area contributed by atoms with Gasteiger partial charge >= 0.3 is 6.03 Å². The molecule has 2 aliphatic heterocycles. The molecule has 0 spiro atoms. The van der Waals surface area contributed by atoms with Crippen LogP contribution in [0.4, 0.5) is 4.79 Å². The lowest BCUT2D eigenvalue weighted by Gasteiger charge is -2.39. The molecular weight excluding hydrogens is 278 g/mol. The SMILES string of the molecule is O=C(NC1CC[NH2+]CC1)N1CCC(O)(c2ccccc2)CC1. The summed E-state index contributed by atoms with van der Waals surface area (Å²) in [6.07, 6.45) is 3.30. The van der Waals surface area contributed by atoms with Gasteiger partial charge in [0.2, 0.25) is 0 Å². The first kappa shape index (κ1) is 15.3. The van der Waals surface area contributed by atoms with E-state index < -0.39 is 5.60 Å². The monoisotopic (exact) mass is 304 g/mol. The molecule has 22 heavy (non-hydrogen) atoms. The predicted octanol–water partition coefficient (Wildman–Crippen LogP) is 0.405. The van der Waals surface area contributed by atoms with Gasteiger partial charge in [0.25, 0.3) is 0 Å². The lowest BCUT2D eigenvalue weighted by Crippen LogP contribution is -2.87. The lowest BCUT2D eigenvalue weighted by atomic mass is 9.84. The van der Waals surface area contributed by atoms with Gasteiger partial charge in [0.05, 0.1) is 18.7 Å². The van der Waals surface area contributed by atoms with Crippen molar-refractivity contribution < 1.29 is 15.2 Å². The van der Waals surface area contributed by atoms with Crippen LogP contribution < -0.4 is 10.6 Å². The molecule has 0 unspecified atom stereocenters. The molecule has 1 aromatic carbocycles. The molecule has 120 valence electrons. The standard InChI is InChI=1S/C17H25N3O2/c21-16(19-15-6-10-18-11-7-15)20-12-8-17(22,9-13-20)14-4-2-1-3-5-14/h1-5,15,18,22H,6-13H2,(H,19,21)/p+1. The average molecular weight is 304 g/mol. The number of urea groups is 1. The first-order valence-corrected chi connectivity index (χ1v) is 8.32. The molecule has 2 saturated heterocycles. The predicted molar refractivity (Wildman–Crippen MR) is 84.4 cm³/mol. The molecule has 0 bridgehead atoms. The molecule has 0 atom stereocenters. The Morgan fingerprint density at radius 1 is 1.18 bits per heavy atom. The van der Waals surface area contributed by atoms with Crippen LogP contribution in [0.2, 0.25) is 0 Å². The number of carbonyl (C=O) groups excluding carboxylic acids is 1. The van der Waals surface area contributed by atoms with Crippen LogP contribution in [0.25, 0.3) is 0 Å². The summed E-state index contributed by atoms with van der Waals surface area (Å²) in [4.78, 5) is 14.2. The van der Waals surface area contributed by atoms with Crippen LogP contribution in [0, 0.1) is 0 Å². The van der Waals surface area contributed by atoms with E-state index in [-0.39, 0.29) is 6.03 Å². The number of piperidine rings is 2. The minimum atomic E-state index is -0.794. The lowest BCUT2D eigenvalue weighted by molar-refractivity contribution is -0.663. The first-order valence-electron chi connectivity index (χ1n) is 8.32. The van der Waals surface area contributed by atoms with E-state index in [4.69, 9.17) is 0 Å². The van der Waals surface area contributed by atoms with Gasteiger partial charge in [-0.05, 0) is 18.4 Å². The summed E-state index contributed by atoms with van der Waals surface area (Å²) < 4.78 is 0. The number of amides is 2. The maximum atomic E-state index is 12.3. The number of likely N-dealkylation sites (tertiary alicyclic amines) is 1. The maximum Gasteiger partial charge on any atom is 0.317 e. The highest BCUT2D eigenvalue weighted by atomic mass is 16.3. The molecule has 5 heteroatoms. The van der Waals surface area contributed by atoms with Gasteiger partial charge in [-0.15, -0.1) is 0 Å². The van der Waals surface area contributed by atoms with E-state index in [1.807, 2.05) is 35.2 Å². The fraction of sp³-hybridized carbons (Fsp3) is 0.588. The van der Waals surface area contributed by atoms with Crippen molar-refractivity contribution in [1.29, 1.82) is 0 Å². The van der Waals surface area contributed by atoms with E-state index in [0.717, 1.165) is 31.5 Å². The number of benzene rings is 1. The Morgan fingerprint density at radius 3 is 2.45 bits per heavy atom. The number of nitrogens with two attached hydrogens (primary N) is 1. The molecule has 0 aromatic heterocycles. The molecule has 5 nitrogen and oxygen atoms in total. The van der Waals surface area contributed by atoms with Crippen molar-refractivity contribution in [2.45, 2.75) is 37.3 Å². The van der Waals surface area contributed by atoms with Crippen LogP contribution in [0.5, 0.6) is 0 Å². The zero-order valence-corrected chi connectivity index (χ0v) is 13.0. The normalized spacial score (nSPS) is 22.3. The second kappa shape index (κ2) is 6.67. The molecular formula is C17H26N3O2+. The third kappa shape index (κ3) is 3.42. The summed E-state index contributed by atoms with van der Waals surface area (Å²) in [6, 6.07) is 10.1. The molecule has 1 aromatic rings. The van der Waals surface area contributed by atoms with Gasteiger partial charge in [-0.2, -0.15) is 0 Å². The van der Waals surface area contributed by atoms with Crippen molar-refractivity contribution in [3.05, 3.63) is 35.9 Å². The van der Waals surface area contributed by atoms with Crippen LogP contribution in [-0.2, 0) is 5.60 Å². The van der Waals surface area contributed by atoms with Gasteiger partial charge in [-0.3, -0.25) is 0 Å². The van der Waals surface area contributed by atoms with Crippen LogP contribution in [-0.4, -0.2) is 48.3 Å². The highest BCUT2D eigenvalue weighted by Crippen LogP contribution is 2.32. The first-order chi connectivity index (χ1) is 10.7. The zero-order valence-electron chi connectivity index (χ0n) is 13.0. The second-order valence-electron chi connectivity index (χ2n) is 6.47. The Hall–Kier alpha value is -1.59. The second-order valence-corrected chi connectivity index (χ2v) is 6.47. The summed E-state index contributed by atoms with van der Waals surface area (Å²) in [5.74, 6) is 0. The van der Waals surface area contributed by atoms with Gasteiger partial charge < -0.3 is 20.6 Å². The van der Waals surface area contributed by atoms with Crippen LogP contribution in [0.15, 0.2) is 30.3 Å². The van der Waals surface area contributed by atoms with Crippen LogP contribution in [0.3, 0.4) is 0 Å². The number of quaternary nitrogens is 1. The van der Waals surface area contributed by atoms with Crippen molar-refractivity contribution in [3.63, 3.8) is 0 Å². The molecule has 0 radical (unpaired) electrons. The summed E-state index contributed by atoms with van der Waals surface area (Å²) in [7, 11) is 0. The third-order valence-electron chi connectivity index (χ3n) is 4.96. The smallest absolute Gasteiger partial charge is 0.317 e. The molecule has 2 heterocycles. The average Bonchev–Trinajstić information content (AvgIpc) is 2.57. The Kier molecular flexibility index (Phi) is 4.64. The molecule has 2 aliphatic rings. The molecule has 2 fully saturated rings. The van der Waals surface area contributed by atoms with E-state index in [1.54, 1.807) is 0 Å². The van der Waals surface area contributed by atoms with E-state index in [1.165, 1.54) is 0 Å². The number of nitrogens with one attached hydrogen (secondary N) is 1. The van der Waals surface area contributed by atoms with Crippen molar-refractivity contribution >= 4 is 6.03 Å². The highest BCUT2D eigenvalue weighted by Gasteiger charge is 2.35. The molecule has 0 aliphatic carbocycles. The number of nitrogens with zero attached hydrogens (tertiary/aromatic N) is 1. The van der Waals surface area contributed by atoms with Gasteiger partial charge in [0.1, 0.15) is 0 Å². The number of carbonyl (C=O) groups is 1. The Morgan fingerprint density at radius 2 is 1.82 bits per heavy atom. The largest absolute Gasteiger partial charge is 0.385 e. The minimum Gasteiger partial charge on any atom is -0.385 e. The summed E-state index contributed by atoms with van der Waals surface area (Å²) in [5.41, 5.74) is 0.163. The maximum absolute atomic E-state index is 12.3. The Bertz CT molecular complexity index is 492. The van der Waals surface area contributed by atoms with Gasteiger partial charge in [-0.1, -0.05) is 30.3 Å². The summed E-state index contributed by atoms with van der Waals surface area (Å²) in [5, 5.41) is 16.2. The van der Waals surface area contributed by atoms with Crippen molar-refractivity contribution in [2.24, 2.45) is 0 Å². The van der Waals surface area contributed by atoms with Crippen LogP contribution in [0.1, 0.15) is 31.2 Å². The van der Waals surface area contributed by atoms with Gasteiger partial charge in [-0.25, -0.2) is 4.79 Å². The van der Waals surface area contributed by atoms with Gasteiger partial charge in [0.15, 0.2) is 0 Å². The fourth-order valence-corrected chi connectivity index (χ4v) is 3.45. The quantitative estimate of drug-likeness (QED) is 0.740. The van der Waals surface area contributed by atoms with E-state index in [9.17, 15) is 9.90 Å². The zero-order chi connectivity index (χ0) is 15.4.